The smallest absolute Gasteiger partial charge is 0.385 e. The van der Waals surface area contributed by atoms with Gasteiger partial charge >= 0.3 is 11.7 Å². The van der Waals surface area contributed by atoms with Gasteiger partial charge in [-0.05, 0) is 0 Å². The SMILES string of the molecule is NOC(=C=O)C(=O)O. The predicted octanol–water partition coefficient (Wildman–Crippen LogP) is -1.32. The highest BCUT2D eigenvalue weighted by Gasteiger charge is 2.06. The van der Waals surface area contributed by atoms with Crippen LogP contribution in [-0.4, -0.2) is 17.0 Å². The second kappa shape index (κ2) is 2.79. The van der Waals surface area contributed by atoms with Crippen molar-refractivity contribution >= 4 is 11.9 Å². The average molecular weight is 117 g/mol. The van der Waals surface area contributed by atoms with E-state index in [4.69, 9.17) is 5.11 Å². The van der Waals surface area contributed by atoms with Crippen LogP contribution in [-0.2, 0) is 14.4 Å². The highest BCUT2D eigenvalue weighted by Crippen LogP contribution is 1.82. The summed E-state index contributed by atoms with van der Waals surface area (Å²) in [5.74, 6) is 2.82. The second-order valence-electron chi connectivity index (χ2n) is 0.854. The lowest BCUT2D eigenvalue weighted by Gasteiger charge is -1.88. The van der Waals surface area contributed by atoms with E-state index in [0.717, 1.165) is 5.94 Å². The fraction of sp³-hybridized carbons (Fsp3) is 0. The van der Waals surface area contributed by atoms with Gasteiger partial charge in [-0.2, -0.15) is 5.90 Å². The Morgan fingerprint density at radius 2 is 2.25 bits per heavy atom. The Hall–Kier alpha value is -1.32. The van der Waals surface area contributed by atoms with Gasteiger partial charge in [0.15, 0.2) is 5.94 Å². The molecule has 44 valence electrons. The van der Waals surface area contributed by atoms with Gasteiger partial charge in [0.25, 0.3) is 0 Å². The van der Waals surface area contributed by atoms with E-state index in [9.17, 15) is 9.59 Å². The maximum Gasteiger partial charge on any atom is 0.385 e. The summed E-state index contributed by atoms with van der Waals surface area (Å²) >= 11 is 0. The minimum absolute atomic E-state index is 0.926. The molecule has 0 aliphatic carbocycles. The van der Waals surface area contributed by atoms with Crippen LogP contribution in [0, 0.1) is 0 Å². The Bertz CT molecular complexity index is 145. The van der Waals surface area contributed by atoms with E-state index >= 15 is 0 Å². The van der Waals surface area contributed by atoms with Crippen LogP contribution >= 0.6 is 0 Å². The quantitative estimate of drug-likeness (QED) is 0.202. The lowest BCUT2D eigenvalue weighted by molar-refractivity contribution is -0.136. The molecule has 0 rings (SSSR count). The summed E-state index contributed by atoms with van der Waals surface area (Å²) in [6.07, 6.45) is 0. The molecule has 8 heavy (non-hydrogen) atoms. The minimum Gasteiger partial charge on any atom is -0.475 e. The van der Waals surface area contributed by atoms with E-state index in [1.807, 2.05) is 0 Å². The number of carboxylic acid groups (broad SMARTS) is 1. The van der Waals surface area contributed by atoms with Crippen LogP contribution in [0.1, 0.15) is 0 Å². The van der Waals surface area contributed by atoms with E-state index in [1.54, 1.807) is 0 Å². The molecule has 0 aromatic heterocycles. The topological polar surface area (TPSA) is 89.6 Å². The first kappa shape index (κ1) is 6.68. The Balaban J connectivity index is 4.14. The van der Waals surface area contributed by atoms with Crippen LogP contribution in [0.2, 0.25) is 0 Å². The number of hydrogen-bond acceptors (Lipinski definition) is 4. The summed E-state index contributed by atoms with van der Waals surface area (Å²) in [5.41, 5.74) is 0. The van der Waals surface area contributed by atoms with Crippen molar-refractivity contribution in [2.45, 2.75) is 0 Å². The molecule has 0 aliphatic rings. The number of aliphatic carboxylic acids is 1. The van der Waals surface area contributed by atoms with Gasteiger partial charge in [0.1, 0.15) is 0 Å². The molecule has 0 fully saturated rings. The number of rotatable bonds is 2. The van der Waals surface area contributed by atoms with Crippen LogP contribution in [0.3, 0.4) is 0 Å². The van der Waals surface area contributed by atoms with Crippen LogP contribution < -0.4 is 5.90 Å². The lowest BCUT2D eigenvalue weighted by atomic mass is 10.6. The molecule has 0 spiro atoms. The molecule has 0 amide bonds. The molecule has 0 bridgehead atoms. The Morgan fingerprint density at radius 3 is 2.25 bits per heavy atom. The summed E-state index contributed by atoms with van der Waals surface area (Å²) in [6, 6.07) is 0. The third-order valence-corrected chi connectivity index (χ3v) is 0.405. The van der Waals surface area contributed by atoms with Crippen molar-refractivity contribution in [3.63, 3.8) is 0 Å². The molecule has 5 heteroatoms. The summed E-state index contributed by atoms with van der Waals surface area (Å²) < 4.78 is 0. The summed E-state index contributed by atoms with van der Waals surface area (Å²) in [6.45, 7) is 0. The Labute approximate surface area is 44.3 Å². The first-order chi connectivity index (χ1) is 3.72. The monoisotopic (exact) mass is 117 g/mol. The predicted molar refractivity (Wildman–Crippen MR) is 22.1 cm³/mol. The third kappa shape index (κ3) is 1.42. The van der Waals surface area contributed by atoms with Crippen LogP contribution in [0.5, 0.6) is 0 Å². The average Bonchev–Trinajstić information content (AvgIpc) is 1.69. The van der Waals surface area contributed by atoms with Gasteiger partial charge in [0.2, 0.25) is 0 Å². The molecular formula is C3H3NO4. The molecule has 0 unspecified atom stereocenters. The maximum atomic E-state index is 9.66. The zero-order valence-corrected chi connectivity index (χ0v) is 3.75. The van der Waals surface area contributed by atoms with E-state index < -0.39 is 11.7 Å². The van der Waals surface area contributed by atoms with Crippen LogP contribution in [0.25, 0.3) is 0 Å². The van der Waals surface area contributed by atoms with E-state index in [2.05, 4.69) is 10.7 Å². The summed E-state index contributed by atoms with van der Waals surface area (Å²) in [5, 5.41) is 7.87. The highest BCUT2D eigenvalue weighted by atomic mass is 16.6. The first-order valence-electron chi connectivity index (χ1n) is 1.57. The van der Waals surface area contributed by atoms with Gasteiger partial charge in [-0.3, -0.25) is 0 Å². The maximum absolute atomic E-state index is 9.66. The lowest BCUT2D eigenvalue weighted by Crippen LogP contribution is -2.09. The van der Waals surface area contributed by atoms with E-state index in [1.165, 1.54) is 0 Å². The fourth-order valence-electron chi connectivity index (χ4n) is 0.118. The molecule has 0 aromatic rings. The van der Waals surface area contributed by atoms with Crippen LogP contribution in [0.15, 0.2) is 5.76 Å². The fourth-order valence-corrected chi connectivity index (χ4v) is 0.118. The van der Waals surface area contributed by atoms with Crippen molar-refractivity contribution in [1.82, 2.24) is 0 Å². The van der Waals surface area contributed by atoms with Gasteiger partial charge in [-0.1, -0.05) is 0 Å². The zero-order chi connectivity index (χ0) is 6.57. The summed E-state index contributed by atoms with van der Waals surface area (Å²) in [4.78, 5) is 22.6. The second-order valence-corrected chi connectivity index (χ2v) is 0.854. The Morgan fingerprint density at radius 1 is 1.75 bits per heavy atom. The number of nitrogens with two attached hydrogens (primary N) is 1. The molecule has 0 aliphatic heterocycles. The molecule has 0 heterocycles. The number of carboxylic acids is 1. The molecule has 0 saturated heterocycles. The van der Waals surface area contributed by atoms with Crippen molar-refractivity contribution in [1.29, 1.82) is 0 Å². The first-order valence-corrected chi connectivity index (χ1v) is 1.57. The largest absolute Gasteiger partial charge is 0.475 e. The Kier molecular flexibility index (Phi) is 2.33. The molecule has 0 radical (unpaired) electrons. The van der Waals surface area contributed by atoms with Crippen molar-refractivity contribution in [3.05, 3.63) is 5.76 Å². The van der Waals surface area contributed by atoms with Crippen molar-refractivity contribution < 1.29 is 19.5 Å². The van der Waals surface area contributed by atoms with Crippen molar-refractivity contribution in [2.24, 2.45) is 5.90 Å². The normalized spacial score (nSPS) is 7.12. The minimum atomic E-state index is -1.53. The summed E-state index contributed by atoms with van der Waals surface area (Å²) in [7, 11) is 0. The highest BCUT2D eigenvalue weighted by molar-refractivity contribution is 5.92. The number of hydrogen-bond donors (Lipinski definition) is 2. The van der Waals surface area contributed by atoms with Gasteiger partial charge in [0.05, 0.1) is 0 Å². The molecule has 3 N–H and O–H groups in total. The number of carbonyl (C=O) groups excluding carboxylic acids is 1. The van der Waals surface area contributed by atoms with Gasteiger partial charge < -0.3 is 9.94 Å². The van der Waals surface area contributed by atoms with Gasteiger partial charge in [-0.15, -0.1) is 0 Å². The molecule has 5 nitrogen and oxygen atoms in total. The zero-order valence-electron chi connectivity index (χ0n) is 3.75. The van der Waals surface area contributed by atoms with Gasteiger partial charge in [-0.25, -0.2) is 9.59 Å². The number of carbonyl (C=O) groups is 1. The van der Waals surface area contributed by atoms with Gasteiger partial charge in [0, 0.05) is 0 Å². The van der Waals surface area contributed by atoms with Crippen LogP contribution in [0.4, 0.5) is 0 Å². The van der Waals surface area contributed by atoms with Crippen molar-refractivity contribution in [3.8, 4) is 0 Å². The third-order valence-electron chi connectivity index (χ3n) is 0.405. The van der Waals surface area contributed by atoms with E-state index in [0.29, 0.717) is 0 Å². The molecule has 0 atom stereocenters. The molecule has 0 saturated carbocycles. The van der Waals surface area contributed by atoms with Crippen molar-refractivity contribution in [2.75, 3.05) is 0 Å². The molecule has 0 aromatic carbocycles. The standard InChI is InChI=1S/C3H3NO4/c4-8-2(1-5)3(6)7/h4H2,(H,6,7). The molecular weight excluding hydrogens is 114 g/mol. The van der Waals surface area contributed by atoms with E-state index in [-0.39, 0.29) is 0 Å².